The first-order chi connectivity index (χ1) is 17.6. The lowest BCUT2D eigenvalue weighted by Gasteiger charge is -2.30. The maximum Gasteiger partial charge on any atom is 0.114 e. The maximum atomic E-state index is 14.1. The molecule has 7 nitrogen and oxygen atoms in total. The van der Waals surface area contributed by atoms with Gasteiger partial charge in [0.25, 0.3) is 0 Å². The van der Waals surface area contributed by atoms with Gasteiger partial charge in [0.15, 0.2) is 0 Å². The molecule has 4 heterocycles. The van der Waals surface area contributed by atoms with E-state index in [1.165, 1.54) is 5.39 Å². The molecule has 2 N–H and O–H groups in total. The Balaban J connectivity index is 1.01. The SMILES string of the molecule is FC12CC(CNCc3cc4ccc(Cn5cc(-c6cncc(-n7cccc7)c6)nn5)cc4[nH]3)C(C1)C2. The third-order valence-corrected chi connectivity index (χ3v) is 7.82. The number of benzene rings is 1. The van der Waals surface area contributed by atoms with Crippen molar-refractivity contribution in [1.29, 1.82) is 0 Å². The Bertz CT molecular complexity index is 1510. The van der Waals surface area contributed by atoms with E-state index in [1.54, 1.807) is 0 Å². The van der Waals surface area contributed by atoms with Gasteiger partial charge in [-0.1, -0.05) is 17.3 Å². The summed E-state index contributed by atoms with van der Waals surface area (Å²) in [5.41, 5.74) is 5.28. The number of rotatable bonds is 8. The van der Waals surface area contributed by atoms with Crippen LogP contribution in [0.2, 0.25) is 0 Å². The van der Waals surface area contributed by atoms with Crippen molar-refractivity contribution in [2.24, 2.45) is 11.8 Å². The molecule has 3 aliphatic carbocycles. The van der Waals surface area contributed by atoms with Crippen LogP contribution in [0.1, 0.15) is 30.5 Å². The lowest BCUT2D eigenvalue weighted by molar-refractivity contribution is 0.0738. The largest absolute Gasteiger partial charge is 0.357 e. The number of aromatic nitrogens is 6. The molecule has 0 radical (unpaired) electrons. The summed E-state index contributed by atoms with van der Waals surface area (Å²) in [6.45, 7) is 2.30. The summed E-state index contributed by atoms with van der Waals surface area (Å²) in [7, 11) is 0. The van der Waals surface area contributed by atoms with Gasteiger partial charge in [-0.3, -0.25) is 4.98 Å². The number of hydrogen-bond donors (Lipinski definition) is 2. The van der Waals surface area contributed by atoms with E-state index in [1.807, 2.05) is 52.4 Å². The Morgan fingerprint density at radius 2 is 1.97 bits per heavy atom. The van der Waals surface area contributed by atoms with E-state index in [4.69, 9.17) is 0 Å². The predicted octanol–water partition coefficient (Wildman–Crippen LogP) is 4.89. The number of halogens is 1. The molecule has 2 bridgehead atoms. The Morgan fingerprint density at radius 3 is 2.81 bits per heavy atom. The highest BCUT2D eigenvalue weighted by molar-refractivity contribution is 5.81. The summed E-state index contributed by atoms with van der Waals surface area (Å²) in [6, 6.07) is 14.7. The molecule has 1 aromatic carbocycles. The van der Waals surface area contributed by atoms with Crippen molar-refractivity contribution in [3.8, 4) is 16.9 Å². The fourth-order valence-corrected chi connectivity index (χ4v) is 5.99. The summed E-state index contributed by atoms with van der Waals surface area (Å²) < 4.78 is 18.0. The summed E-state index contributed by atoms with van der Waals surface area (Å²) in [6.07, 6.45) is 11.9. The first-order valence-corrected chi connectivity index (χ1v) is 12.6. The minimum Gasteiger partial charge on any atom is -0.357 e. The quantitative estimate of drug-likeness (QED) is 0.331. The third kappa shape index (κ3) is 4.01. The van der Waals surface area contributed by atoms with E-state index in [0.717, 1.165) is 66.1 Å². The van der Waals surface area contributed by atoms with Gasteiger partial charge in [-0.15, -0.1) is 5.10 Å². The van der Waals surface area contributed by atoms with Gasteiger partial charge in [-0.05, 0) is 78.9 Å². The number of fused-ring (bicyclic) bond motifs is 2. The van der Waals surface area contributed by atoms with Crippen molar-refractivity contribution in [3.63, 3.8) is 0 Å². The third-order valence-electron chi connectivity index (χ3n) is 7.82. The molecule has 1 atom stereocenters. The summed E-state index contributed by atoms with van der Waals surface area (Å²) in [5.74, 6) is 1.08. The summed E-state index contributed by atoms with van der Waals surface area (Å²) >= 11 is 0. The summed E-state index contributed by atoms with van der Waals surface area (Å²) in [5, 5.41) is 13.4. The number of pyridine rings is 1. The first-order valence-electron chi connectivity index (χ1n) is 12.6. The predicted molar refractivity (Wildman–Crippen MR) is 136 cm³/mol. The van der Waals surface area contributed by atoms with Crippen molar-refractivity contribution in [2.45, 2.75) is 38.0 Å². The van der Waals surface area contributed by atoms with Crippen LogP contribution in [0.4, 0.5) is 4.39 Å². The van der Waals surface area contributed by atoms with E-state index >= 15 is 0 Å². The van der Waals surface area contributed by atoms with Crippen LogP contribution in [0.25, 0.3) is 27.8 Å². The van der Waals surface area contributed by atoms with Crippen molar-refractivity contribution >= 4 is 10.9 Å². The Kier molecular flexibility index (Phi) is 5.02. The van der Waals surface area contributed by atoms with E-state index in [9.17, 15) is 4.39 Å². The molecule has 0 saturated heterocycles. The highest BCUT2D eigenvalue weighted by atomic mass is 19.1. The molecule has 8 heteroatoms. The van der Waals surface area contributed by atoms with Crippen LogP contribution >= 0.6 is 0 Å². The van der Waals surface area contributed by atoms with Crippen molar-refractivity contribution < 1.29 is 4.39 Å². The van der Waals surface area contributed by atoms with E-state index in [2.05, 4.69) is 55.9 Å². The van der Waals surface area contributed by atoms with Gasteiger partial charge in [0.2, 0.25) is 0 Å². The second-order valence-corrected chi connectivity index (χ2v) is 10.5. The van der Waals surface area contributed by atoms with Crippen molar-refractivity contribution in [1.82, 2.24) is 34.8 Å². The average molecular weight is 482 g/mol. The van der Waals surface area contributed by atoms with E-state index < -0.39 is 5.67 Å². The maximum absolute atomic E-state index is 14.1. The topological polar surface area (TPSA) is 76.3 Å². The smallest absolute Gasteiger partial charge is 0.114 e. The van der Waals surface area contributed by atoms with E-state index in [-0.39, 0.29) is 0 Å². The molecule has 3 fully saturated rings. The number of nitrogens with zero attached hydrogens (tertiary/aromatic N) is 5. The molecular weight excluding hydrogens is 453 g/mol. The molecule has 5 aromatic rings. The molecule has 0 spiro atoms. The zero-order valence-electron chi connectivity index (χ0n) is 19.9. The molecule has 36 heavy (non-hydrogen) atoms. The highest BCUT2D eigenvalue weighted by Crippen LogP contribution is 2.57. The van der Waals surface area contributed by atoms with Crippen molar-refractivity contribution in [3.05, 3.63) is 84.7 Å². The van der Waals surface area contributed by atoms with Gasteiger partial charge < -0.3 is 14.9 Å². The standard InChI is InChI=1S/C28H28FN7/c29-28-10-22(11-28)23(12-28)14-30-15-24-8-20-4-3-19(7-26(20)32-24)17-36-18-27(33-34-36)21-9-25(16-31-13-21)35-5-1-2-6-35/h1-9,13,16,18,22-23,30,32H,10-12,14-15,17H2. The fraction of sp³-hybridized carbons (Fsp3) is 0.321. The minimum absolute atomic E-state index is 0.491. The fourth-order valence-electron chi connectivity index (χ4n) is 5.99. The van der Waals surface area contributed by atoms with Crippen LogP contribution < -0.4 is 5.32 Å². The van der Waals surface area contributed by atoms with Crippen LogP contribution in [0.15, 0.2) is 73.4 Å². The van der Waals surface area contributed by atoms with Gasteiger partial charge in [0, 0.05) is 41.9 Å². The second-order valence-electron chi connectivity index (χ2n) is 10.5. The number of aromatic amines is 1. The van der Waals surface area contributed by atoms with Gasteiger partial charge in [-0.25, -0.2) is 9.07 Å². The minimum atomic E-state index is -0.844. The zero-order chi connectivity index (χ0) is 24.1. The van der Waals surface area contributed by atoms with Crippen LogP contribution in [0, 0.1) is 11.8 Å². The van der Waals surface area contributed by atoms with Crippen molar-refractivity contribution in [2.75, 3.05) is 6.54 Å². The van der Waals surface area contributed by atoms with Crippen LogP contribution in [-0.4, -0.2) is 41.7 Å². The molecule has 0 amide bonds. The van der Waals surface area contributed by atoms with Gasteiger partial charge in [-0.2, -0.15) is 0 Å². The van der Waals surface area contributed by atoms with Gasteiger partial charge in [0.05, 0.1) is 24.6 Å². The molecule has 8 rings (SSSR count). The Morgan fingerprint density at radius 1 is 1.08 bits per heavy atom. The average Bonchev–Trinajstić information content (AvgIpc) is 3.68. The summed E-state index contributed by atoms with van der Waals surface area (Å²) in [4.78, 5) is 7.91. The van der Waals surface area contributed by atoms with Gasteiger partial charge >= 0.3 is 0 Å². The monoisotopic (exact) mass is 481 g/mol. The zero-order valence-corrected chi connectivity index (χ0v) is 19.9. The first kappa shape index (κ1) is 21.5. The molecule has 4 aromatic heterocycles. The highest BCUT2D eigenvalue weighted by Gasteiger charge is 2.56. The second kappa shape index (κ2) is 8.41. The Labute approximate surface area is 208 Å². The molecular formula is C28H28FN7. The number of hydrogen-bond acceptors (Lipinski definition) is 4. The molecule has 1 unspecified atom stereocenters. The van der Waals surface area contributed by atoms with Gasteiger partial charge in [0.1, 0.15) is 11.4 Å². The lowest BCUT2D eigenvalue weighted by atomic mass is 9.80. The lowest BCUT2D eigenvalue weighted by Crippen LogP contribution is -2.30. The van der Waals surface area contributed by atoms with Crippen LogP contribution in [-0.2, 0) is 13.1 Å². The molecule has 3 saturated carbocycles. The number of nitrogens with one attached hydrogen (secondary N) is 2. The van der Waals surface area contributed by atoms with E-state index in [0.29, 0.717) is 18.4 Å². The van der Waals surface area contributed by atoms with Crippen LogP contribution in [0.5, 0.6) is 0 Å². The van der Waals surface area contributed by atoms with Crippen LogP contribution in [0.3, 0.4) is 0 Å². The number of alkyl halides is 1. The molecule has 3 aliphatic rings. The molecule has 182 valence electrons. The normalized spacial score (nSPS) is 22.8. The molecule has 0 aliphatic heterocycles. The Hall–Kier alpha value is -3.78. The number of H-pyrrole nitrogens is 1.